The summed E-state index contributed by atoms with van der Waals surface area (Å²) in [5.41, 5.74) is 0. The SMILES string of the molecule is CSC1CCCC1NC(=O)NC(C(=O)O)c1cccs1. The molecule has 1 aromatic heterocycles. The molecule has 1 aromatic rings. The molecule has 0 bridgehead atoms. The van der Waals surface area contributed by atoms with Gasteiger partial charge in [-0.2, -0.15) is 11.8 Å². The molecule has 1 fully saturated rings. The third kappa shape index (κ3) is 3.67. The quantitative estimate of drug-likeness (QED) is 0.780. The molecule has 1 aliphatic carbocycles. The van der Waals surface area contributed by atoms with E-state index in [-0.39, 0.29) is 6.04 Å². The van der Waals surface area contributed by atoms with Crippen molar-refractivity contribution in [3.63, 3.8) is 0 Å². The number of carboxylic acid groups (broad SMARTS) is 1. The van der Waals surface area contributed by atoms with Crippen molar-refractivity contribution in [1.82, 2.24) is 10.6 Å². The number of thiophene rings is 1. The molecule has 1 heterocycles. The van der Waals surface area contributed by atoms with E-state index in [4.69, 9.17) is 0 Å². The topological polar surface area (TPSA) is 78.4 Å². The Morgan fingerprint density at radius 2 is 2.30 bits per heavy atom. The van der Waals surface area contributed by atoms with Crippen LogP contribution < -0.4 is 10.6 Å². The monoisotopic (exact) mass is 314 g/mol. The van der Waals surface area contributed by atoms with E-state index in [0.717, 1.165) is 19.3 Å². The van der Waals surface area contributed by atoms with Crippen molar-refractivity contribution in [3.05, 3.63) is 22.4 Å². The van der Waals surface area contributed by atoms with Crippen LogP contribution in [0, 0.1) is 0 Å². The summed E-state index contributed by atoms with van der Waals surface area (Å²) in [6, 6.07) is 2.23. The van der Waals surface area contributed by atoms with Gasteiger partial charge in [-0.05, 0) is 30.5 Å². The van der Waals surface area contributed by atoms with Gasteiger partial charge in [0, 0.05) is 16.2 Å². The fourth-order valence-corrected chi connectivity index (χ4v) is 4.13. The molecule has 7 heteroatoms. The van der Waals surface area contributed by atoms with Crippen LogP contribution in [-0.2, 0) is 4.79 Å². The first kappa shape index (κ1) is 15.2. The lowest BCUT2D eigenvalue weighted by atomic mass is 10.2. The summed E-state index contributed by atoms with van der Waals surface area (Å²) < 4.78 is 0. The highest BCUT2D eigenvalue weighted by Crippen LogP contribution is 2.28. The van der Waals surface area contributed by atoms with Gasteiger partial charge >= 0.3 is 12.0 Å². The summed E-state index contributed by atoms with van der Waals surface area (Å²) in [5.74, 6) is -1.05. The van der Waals surface area contributed by atoms with Crippen molar-refractivity contribution in [3.8, 4) is 0 Å². The summed E-state index contributed by atoms with van der Waals surface area (Å²) in [5, 5.41) is 16.9. The van der Waals surface area contributed by atoms with Crippen LogP contribution in [0.3, 0.4) is 0 Å². The Morgan fingerprint density at radius 1 is 1.50 bits per heavy atom. The Labute approximate surface area is 126 Å². The summed E-state index contributed by atoms with van der Waals surface area (Å²) in [6.07, 6.45) is 5.19. The van der Waals surface area contributed by atoms with E-state index in [1.807, 2.05) is 6.26 Å². The lowest BCUT2D eigenvalue weighted by molar-refractivity contribution is -0.139. The number of thioether (sulfide) groups is 1. The molecule has 0 spiro atoms. The van der Waals surface area contributed by atoms with Gasteiger partial charge in [0.05, 0.1) is 0 Å². The van der Waals surface area contributed by atoms with Gasteiger partial charge in [0.25, 0.3) is 0 Å². The number of hydrogen-bond acceptors (Lipinski definition) is 4. The third-order valence-corrected chi connectivity index (χ3v) is 5.53. The van der Waals surface area contributed by atoms with Gasteiger partial charge in [0.15, 0.2) is 6.04 Å². The van der Waals surface area contributed by atoms with Gasteiger partial charge in [-0.3, -0.25) is 0 Å². The number of aliphatic carboxylic acids is 1. The third-order valence-electron chi connectivity index (χ3n) is 3.42. The number of amides is 2. The van der Waals surface area contributed by atoms with Gasteiger partial charge in [0.2, 0.25) is 0 Å². The minimum absolute atomic E-state index is 0.128. The fraction of sp³-hybridized carbons (Fsp3) is 0.538. The van der Waals surface area contributed by atoms with E-state index < -0.39 is 18.0 Å². The van der Waals surface area contributed by atoms with E-state index in [2.05, 4.69) is 10.6 Å². The number of carboxylic acids is 1. The van der Waals surface area contributed by atoms with Gasteiger partial charge in [-0.25, -0.2) is 9.59 Å². The number of urea groups is 1. The lowest BCUT2D eigenvalue weighted by Gasteiger charge is -2.21. The highest BCUT2D eigenvalue weighted by atomic mass is 32.2. The van der Waals surface area contributed by atoms with E-state index in [0.29, 0.717) is 10.1 Å². The Balaban J connectivity index is 1.94. The van der Waals surface area contributed by atoms with Gasteiger partial charge in [-0.15, -0.1) is 11.3 Å². The Kier molecular flexibility index (Phi) is 5.31. The fourth-order valence-electron chi connectivity index (χ4n) is 2.42. The Morgan fingerprint density at radius 3 is 2.90 bits per heavy atom. The first-order valence-corrected chi connectivity index (χ1v) is 8.64. The predicted octanol–water partition coefficient (Wildman–Crippen LogP) is 2.46. The summed E-state index contributed by atoms with van der Waals surface area (Å²) in [4.78, 5) is 23.9. The minimum atomic E-state index is -1.05. The van der Waals surface area contributed by atoms with Crippen LogP contribution in [0.2, 0.25) is 0 Å². The number of carbonyl (C=O) groups is 2. The lowest BCUT2D eigenvalue weighted by Crippen LogP contribution is -2.47. The smallest absolute Gasteiger partial charge is 0.331 e. The van der Waals surface area contributed by atoms with Gasteiger partial charge in [-0.1, -0.05) is 12.5 Å². The average Bonchev–Trinajstić information content (AvgIpc) is 3.06. The Hall–Kier alpha value is -1.21. The van der Waals surface area contributed by atoms with Crippen molar-refractivity contribution in [2.45, 2.75) is 36.6 Å². The number of nitrogens with one attached hydrogen (secondary N) is 2. The highest BCUT2D eigenvalue weighted by molar-refractivity contribution is 7.99. The second kappa shape index (κ2) is 6.99. The molecular weight excluding hydrogens is 296 g/mol. The second-order valence-corrected chi connectivity index (χ2v) is 6.77. The molecule has 0 aromatic carbocycles. The zero-order chi connectivity index (χ0) is 14.5. The van der Waals surface area contributed by atoms with E-state index in [1.165, 1.54) is 11.3 Å². The first-order valence-electron chi connectivity index (χ1n) is 6.48. The standard InChI is InChI=1S/C13H18N2O3S2/c1-19-9-5-2-4-8(9)14-13(18)15-11(12(16)17)10-6-3-7-20-10/h3,6-9,11H,2,4-5H2,1H3,(H,16,17)(H2,14,15,18). The maximum Gasteiger partial charge on any atom is 0.331 e. The molecule has 3 atom stereocenters. The largest absolute Gasteiger partial charge is 0.479 e. The van der Waals surface area contributed by atoms with Gasteiger partial charge in [0.1, 0.15) is 0 Å². The van der Waals surface area contributed by atoms with Crippen molar-refractivity contribution in [2.75, 3.05) is 6.26 Å². The molecule has 20 heavy (non-hydrogen) atoms. The van der Waals surface area contributed by atoms with Crippen LogP contribution in [-0.4, -0.2) is 34.7 Å². The van der Waals surface area contributed by atoms with Crippen LogP contribution in [0.5, 0.6) is 0 Å². The van der Waals surface area contributed by atoms with E-state index >= 15 is 0 Å². The van der Waals surface area contributed by atoms with Gasteiger partial charge < -0.3 is 15.7 Å². The zero-order valence-corrected chi connectivity index (χ0v) is 12.8. The number of carbonyl (C=O) groups excluding carboxylic acids is 1. The van der Waals surface area contributed by atoms with E-state index in [1.54, 1.807) is 29.3 Å². The van der Waals surface area contributed by atoms with Crippen molar-refractivity contribution < 1.29 is 14.7 Å². The normalized spacial score (nSPS) is 23.2. The summed E-state index contributed by atoms with van der Waals surface area (Å²) >= 11 is 3.07. The van der Waals surface area contributed by atoms with Crippen LogP contribution in [0.4, 0.5) is 4.79 Å². The molecule has 110 valence electrons. The number of rotatable bonds is 5. The van der Waals surface area contributed by atoms with Crippen molar-refractivity contribution in [2.24, 2.45) is 0 Å². The molecule has 0 aliphatic heterocycles. The molecule has 2 amide bonds. The van der Waals surface area contributed by atoms with Crippen LogP contribution >= 0.6 is 23.1 Å². The Bertz CT molecular complexity index is 464. The molecule has 1 aliphatic rings. The number of hydrogen-bond donors (Lipinski definition) is 3. The van der Waals surface area contributed by atoms with Crippen LogP contribution in [0.15, 0.2) is 17.5 Å². The summed E-state index contributed by atoms with van der Waals surface area (Å²) in [7, 11) is 0. The first-order chi connectivity index (χ1) is 9.61. The predicted molar refractivity (Wildman–Crippen MR) is 81.3 cm³/mol. The maximum atomic E-state index is 12.0. The molecule has 0 radical (unpaired) electrons. The molecule has 2 rings (SSSR count). The minimum Gasteiger partial charge on any atom is -0.479 e. The van der Waals surface area contributed by atoms with Crippen LogP contribution in [0.25, 0.3) is 0 Å². The van der Waals surface area contributed by atoms with E-state index in [9.17, 15) is 14.7 Å². The zero-order valence-electron chi connectivity index (χ0n) is 11.2. The molecule has 0 saturated heterocycles. The molecular formula is C13H18N2O3S2. The maximum absolute atomic E-state index is 12.0. The summed E-state index contributed by atoms with van der Waals surface area (Å²) in [6.45, 7) is 0. The highest BCUT2D eigenvalue weighted by Gasteiger charge is 2.29. The molecule has 1 saturated carbocycles. The van der Waals surface area contributed by atoms with Crippen molar-refractivity contribution in [1.29, 1.82) is 0 Å². The second-order valence-electron chi connectivity index (χ2n) is 4.72. The van der Waals surface area contributed by atoms with Crippen molar-refractivity contribution >= 4 is 35.1 Å². The van der Waals surface area contributed by atoms with Crippen LogP contribution in [0.1, 0.15) is 30.2 Å². The molecule has 3 unspecified atom stereocenters. The molecule has 5 nitrogen and oxygen atoms in total. The molecule has 3 N–H and O–H groups in total. The average molecular weight is 314 g/mol.